The standard InChI is InChI=1S/C21H27F3N2O5/c1-6-8-13-15(11-10-14-17(13)31-25-18(14)21(22,23)24)30-12-7-9-16(27)26(4)20(2,3)19(28)29-5/h10-11H,6-9,12H2,1-5H3. The molecule has 1 aromatic heterocycles. The van der Waals surface area contributed by atoms with Gasteiger partial charge < -0.3 is 18.9 Å². The van der Waals surface area contributed by atoms with Crippen molar-refractivity contribution >= 4 is 22.8 Å². The Labute approximate surface area is 178 Å². The Bertz CT molecular complexity index is 937. The molecule has 10 heteroatoms. The van der Waals surface area contributed by atoms with Gasteiger partial charge in [0.15, 0.2) is 11.3 Å². The number of fused-ring (bicyclic) bond motifs is 1. The van der Waals surface area contributed by atoms with Gasteiger partial charge in [-0.1, -0.05) is 18.5 Å². The fourth-order valence-corrected chi connectivity index (χ4v) is 3.14. The Balaban J connectivity index is 2.07. The number of ether oxygens (including phenoxy) is 2. The highest BCUT2D eigenvalue weighted by atomic mass is 19.4. The molecule has 0 bridgehead atoms. The van der Waals surface area contributed by atoms with Crippen LogP contribution < -0.4 is 4.74 Å². The predicted molar refractivity (Wildman–Crippen MR) is 107 cm³/mol. The van der Waals surface area contributed by atoms with Crippen molar-refractivity contribution in [3.8, 4) is 5.75 Å². The fraction of sp³-hybridized carbons (Fsp3) is 0.571. The maximum absolute atomic E-state index is 13.1. The lowest BCUT2D eigenvalue weighted by molar-refractivity contribution is -0.158. The first-order valence-corrected chi connectivity index (χ1v) is 9.91. The van der Waals surface area contributed by atoms with Crippen LogP contribution in [0.15, 0.2) is 16.7 Å². The van der Waals surface area contributed by atoms with E-state index in [0.717, 1.165) is 0 Å². The zero-order valence-electron chi connectivity index (χ0n) is 18.3. The third-order valence-corrected chi connectivity index (χ3v) is 5.16. The number of halogens is 3. The zero-order valence-corrected chi connectivity index (χ0v) is 18.3. The van der Waals surface area contributed by atoms with Crippen LogP contribution in [0, 0.1) is 0 Å². The highest BCUT2D eigenvalue weighted by Gasteiger charge is 2.38. The van der Waals surface area contributed by atoms with E-state index in [0.29, 0.717) is 30.6 Å². The van der Waals surface area contributed by atoms with Crippen LogP contribution in [0.3, 0.4) is 0 Å². The van der Waals surface area contributed by atoms with E-state index in [1.807, 2.05) is 6.92 Å². The third-order valence-electron chi connectivity index (χ3n) is 5.16. The molecule has 0 aliphatic rings. The Morgan fingerprint density at radius 3 is 2.48 bits per heavy atom. The SMILES string of the molecule is CCCc1c(OCCCC(=O)N(C)C(C)(C)C(=O)OC)ccc2c(C(F)(F)F)noc12. The van der Waals surface area contributed by atoms with Crippen molar-refractivity contribution in [2.75, 3.05) is 20.8 Å². The first-order chi connectivity index (χ1) is 14.4. The average molecular weight is 444 g/mol. The summed E-state index contributed by atoms with van der Waals surface area (Å²) in [7, 11) is 2.78. The second kappa shape index (κ2) is 9.57. The molecule has 2 rings (SSSR count). The van der Waals surface area contributed by atoms with Gasteiger partial charge in [0.1, 0.15) is 11.3 Å². The van der Waals surface area contributed by atoms with E-state index in [9.17, 15) is 22.8 Å². The lowest BCUT2D eigenvalue weighted by atomic mass is 10.0. The lowest BCUT2D eigenvalue weighted by Crippen LogP contribution is -2.51. The van der Waals surface area contributed by atoms with Gasteiger partial charge in [-0.2, -0.15) is 13.2 Å². The molecule has 0 aliphatic heterocycles. The number of esters is 1. The molecular weight excluding hydrogens is 417 g/mol. The van der Waals surface area contributed by atoms with Gasteiger partial charge in [0.25, 0.3) is 0 Å². The van der Waals surface area contributed by atoms with Gasteiger partial charge in [-0.05, 0) is 38.8 Å². The van der Waals surface area contributed by atoms with Gasteiger partial charge in [-0.15, -0.1) is 0 Å². The number of likely N-dealkylation sites (N-methyl/N-ethyl adjacent to an activating group) is 1. The molecule has 0 spiro atoms. The molecule has 1 heterocycles. The van der Waals surface area contributed by atoms with Crippen LogP contribution in [0.5, 0.6) is 5.75 Å². The second-order valence-corrected chi connectivity index (χ2v) is 7.65. The van der Waals surface area contributed by atoms with Crippen LogP contribution in [-0.2, 0) is 26.9 Å². The van der Waals surface area contributed by atoms with Crippen molar-refractivity contribution in [1.82, 2.24) is 10.1 Å². The largest absolute Gasteiger partial charge is 0.493 e. The molecule has 0 saturated heterocycles. The van der Waals surface area contributed by atoms with Gasteiger partial charge >= 0.3 is 12.1 Å². The van der Waals surface area contributed by atoms with Crippen molar-refractivity contribution in [2.45, 2.75) is 58.2 Å². The number of hydrogen-bond acceptors (Lipinski definition) is 6. The summed E-state index contributed by atoms with van der Waals surface area (Å²) >= 11 is 0. The number of alkyl halides is 3. The topological polar surface area (TPSA) is 81.9 Å². The molecular formula is C21H27F3N2O5. The molecule has 0 N–H and O–H groups in total. The summed E-state index contributed by atoms with van der Waals surface area (Å²) in [4.78, 5) is 25.6. The van der Waals surface area contributed by atoms with Crippen LogP contribution >= 0.6 is 0 Å². The molecule has 0 unspecified atom stereocenters. The van der Waals surface area contributed by atoms with E-state index >= 15 is 0 Å². The van der Waals surface area contributed by atoms with Gasteiger partial charge in [-0.3, -0.25) is 4.79 Å². The summed E-state index contributed by atoms with van der Waals surface area (Å²) in [5, 5.41) is 3.08. The van der Waals surface area contributed by atoms with Gasteiger partial charge in [0.2, 0.25) is 5.91 Å². The zero-order chi connectivity index (χ0) is 23.4. The van der Waals surface area contributed by atoms with Crippen LogP contribution in [0.1, 0.15) is 51.3 Å². The molecule has 0 fully saturated rings. The van der Waals surface area contributed by atoms with E-state index in [-0.39, 0.29) is 29.9 Å². The van der Waals surface area contributed by atoms with Crippen LogP contribution in [-0.4, -0.2) is 48.2 Å². The molecule has 1 aromatic carbocycles. The second-order valence-electron chi connectivity index (χ2n) is 7.65. The van der Waals surface area contributed by atoms with E-state index in [1.54, 1.807) is 13.8 Å². The smallest absolute Gasteiger partial charge is 0.437 e. The first kappa shape index (κ1) is 24.5. The summed E-state index contributed by atoms with van der Waals surface area (Å²) in [6, 6.07) is 2.75. The van der Waals surface area contributed by atoms with E-state index in [1.165, 1.54) is 31.2 Å². The van der Waals surface area contributed by atoms with Gasteiger partial charge in [0.05, 0.1) is 19.1 Å². The van der Waals surface area contributed by atoms with Crippen LogP contribution in [0.2, 0.25) is 0 Å². The predicted octanol–water partition coefficient (Wildman–Crippen LogP) is 4.37. The molecule has 7 nitrogen and oxygen atoms in total. The first-order valence-electron chi connectivity index (χ1n) is 9.91. The third kappa shape index (κ3) is 5.29. The van der Waals surface area contributed by atoms with Crippen molar-refractivity contribution in [3.05, 3.63) is 23.4 Å². The molecule has 0 atom stereocenters. The minimum Gasteiger partial charge on any atom is -0.493 e. The lowest BCUT2D eigenvalue weighted by Gasteiger charge is -2.32. The maximum atomic E-state index is 13.1. The van der Waals surface area contributed by atoms with E-state index in [2.05, 4.69) is 5.16 Å². The van der Waals surface area contributed by atoms with E-state index < -0.39 is 23.4 Å². The minimum absolute atomic E-state index is 0.0577. The summed E-state index contributed by atoms with van der Waals surface area (Å²) in [6.45, 7) is 5.24. The van der Waals surface area contributed by atoms with Crippen LogP contribution in [0.4, 0.5) is 13.2 Å². The number of carbonyl (C=O) groups excluding carboxylic acids is 2. The van der Waals surface area contributed by atoms with Gasteiger partial charge in [0, 0.05) is 19.0 Å². The van der Waals surface area contributed by atoms with Crippen molar-refractivity contribution in [1.29, 1.82) is 0 Å². The molecule has 31 heavy (non-hydrogen) atoms. The summed E-state index contributed by atoms with van der Waals surface area (Å²) < 4.78 is 54.7. The molecule has 0 aliphatic carbocycles. The highest BCUT2D eigenvalue weighted by molar-refractivity contribution is 5.87. The van der Waals surface area contributed by atoms with Crippen molar-refractivity contribution in [2.24, 2.45) is 0 Å². The number of aromatic nitrogens is 1. The number of carbonyl (C=O) groups is 2. The number of rotatable bonds is 9. The van der Waals surface area contributed by atoms with E-state index in [4.69, 9.17) is 14.0 Å². The molecule has 172 valence electrons. The average Bonchev–Trinajstić information content (AvgIpc) is 3.15. The Kier molecular flexibility index (Phi) is 7.56. The number of hydrogen-bond donors (Lipinski definition) is 0. The molecule has 2 aromatic rings. The summed E-state index contributed by atoms with van der Waals surface area (Å²) in [6.07, 6.45) is -3.00. The highest BCUT2D eigenvalue weighted by Crippen LogP contribution is 2.38. The van der Waals surface area contributed by atoms with Crippen LogP contribution in [0.25, 0.3) is 11.0 Å². The van der Waals surface area contributed by atoms with Crippen molar-refractivity contribution in [3.63, 3.8) is 0 Å². The Morgan fingerprint density at radius 2 is 1.90 bits per heavy atom. The fourth-order valence-electron chi connectivity index (χ4n) is 3.14. The number of nitrogens with zero attached hydrogens (tertiary/aromatic N) is 2. The molecule has 0 saturated carbocycles. The number of amides is 1. The maximum Gasteiger partial charge on any atom is 0.437 e. The van der Waals surface area contributed by atoms with Crippen molar-refractivity contribution < 1.29 is 36.8 Å². The monoisotopic (exact) mass is 444 g/mol. The number of methoxy groups -OCH3 is 1. The minimum atomic E-state index is -4.61. The number of benzene rings is 1. The number of aryl methyl sites for hydroxylation is 1. The normalized spacial score (nSPS) is 12.1. The molecule has 0 radical (unpaired) electrons. The quantitative estimate of drug-likeness (QED) is 0.422. The Morgan fingerprint density at radius 1 is 1.23 bits per heavy atom. The summed E-state index contributed by atoms with van der Waals surface area (Å²) in [5.41, 5.74) is -1.59. The molecule has 1 amide bonds. The Hall–Kier alpha value is -2.78. The van der Waals surface area contributed by atoms with Gasteiger partial charge in [-0.25, -0.2) is 4.79 Å². The summed E-state index contributed by atoms with van der Waals surface area (Å²) in [5.74, 6) is -0.384.